The molecule has 0 spiro atoms. The van der Waals surface area contributed by atoms with Crippen molar-refractivity contribution in [1.29, 1.82) is 0 Å². The van der Waals surface area contributed by atoms with Crippen LogP contribution < -0.4 is 11.1 Å². The summed E-state index contributed by atoms with van der Waals surface area (Å²) in [6.45, 7) is 1.70. The molecule has 1 aromatic rings. The van der Waals surface area contributed by atoms with Gasteiger partial charge in [0.05, 0.1) is 6.04 Å². The lowest BCUT2D eigenvalue weighted by Crippen LogP contribution is -2.53. The summed E-state index contributed by atoms with van der Waals surface area (Å²) in [5.74, 6) is 0.292. The van der Waals surface area contributed by atoms with Gasteiger partial charge in [-0.15, -0.1) is 0 Å². The Labute approximate surface area is 88.8 Å². The third-order valence-electron chi connectivity index (χ3n) is 2.47. The average molecular weight is 205 g/mol. The van der Waals surface area contributed by atoms with Crippen LogP contribution in [0.5, 0.6) is 0 Å². The number of hydrogen-bond acceptors (Lipinski definition) is 4. The monoisotopic (exact) mass is 205 g/mol. The summed E-state index contributed by atoms with van der Waals surface area (Å²) < 4.78 is 0. The van der Waals surface area contributed by atoms with E-state index in [1.807, 2.05) is 30.3 Å². The Morgan fingerprint density at radius 2 is 2.13 bits per heavy atom. The number of nitrogens with two attached hydrogens (primary N) is 1. The van der Waals surface area contributed by atoms with Crippen molar-refractivity contribution in [3.8, 4) is 0 Å². The maximum absolute atomic E-state index is 9.90. The Bertz CT molecular complexity index is 373. The molecule has 2 rings (SSSR count). The first-order valence-corrected chi connectivity index (χ1v) is 4.96. The van der Waals surface area contributed by atoms with Crippen molar-refractivity contribution in [3.05, 3.63) is 35.9 Å². The molecular weight excluding hydrogens is 190 g/mol. The third kappa shape index (κ3) is 2.27. The van der Waals surface area contributed by atoms with Crippen LogP contribution >= 0.6 is 0 Å². The molecule has 1 aromatic carbocycles. The second-order valence-corrected chi connectivity index (χ2v) is 4.04. The van der Waals surface area contributed by atoms with E-state index >= 15 is 0 Å². The fourth-order valence-electron chi connectivity index (χ4n) is 1.82. The molecule has 1 aliphatic rings. The van der Waals surface area contributed by atoms with Crippen molar-refractivity contribution in [2.24, 2.45) is 10.7 Å². The van der Waals surface area contributed by atoms with Gasteiger partial charge in [-0.05, 0) is 12.5 Å². The number of benzene rings is 1. The zero-order valence-corrected chi connectivity index (χ0v) is 8.64. The van der Waals surface area contributed by atoms with Crippen LogP contribution in [0, 0.1) is 0 Å². The van der Waals surface area contributed by atoms with Gasteiger partial charge >= 0.3 is 0 Å². The Kier molecular flexibility index (Phi) is 2.36. The smallest absolute Gasteiger partial charge is 0.191 e. The molecule has 0 amide bonds. The van der Waals surface area contributed by atoms with E-state index in [4.69, 9.17) is 5.73 Å². The van der Waals surface area contributed by atoms with Gasteiger partial charge in [0, 0.05) is 6.42 Å². The minimum atomic E-state index is -0.980. The fourth-order valence-corrected chi connectivity index (χ4v) is 1.82. The van der Waals surface area contributed by atoms with Crippen LogP contribution in [-0.4, -0.2) is 16.8 Å². The molecule has 0 radical (unpaired) electrons. The zero-order chi connectivity index (χ0) is 10.9. The first-order chi connectivity index (χ1) is 7.07. The van der Waals surface area contributed by atoms with Crippen molar-refractivity contribution in [1.82, 2.24) is 5.32 Å². The van der Waals surface area contributed by atoms with Crippen LogP contribution in [0.1, 0.15) is 24.9 Å². The predicted molar refractivity (Wildman–Crippen MR) is 59.2 cm³/mol. The Hall–Kier alpha value is -1.55. The zero-order valence-electron chi connectivity index (χ0n) is 8.64. The first-order valence-electron chi connectivity index (χ1n) is 4.96. The highest BCUT2D eigenvalue weighted by atomic mass is 16.3. The minimum absolute atomic E-state index is 0.0672. The summed E-state index contributed by atoms with van der Waals surface area (Å²) in [6.07, 6.45) is 0.526. The van der Waals surface area contributed by atoms with E-state index in [9.17, 15) is 5.11 Å². The van der Waals surface area contributed by atoms with Crippen molar-refractivity contribution < 1.29 is 5.11 Å². The number of aliphatic hydroxyl groups is 1. The molecule has 0 bridgehead atoms. The lowest BCUT2D eigenvalue weighted by Gasteiger charge is -2.33. The summed E-state index contributed by atoms with van der Waals surface area (Å²) in [4.78, 5) is 4.27. The molecule has 0 aliphatic carbocycles. The van der Waals surface area contributed by atoms with Gasteiger partial charge < -0.3 is 16.2 Å². The molecule has 80 valence electrons. The van der Waals surface area contributed by atoms with Crippen LogP contribution in [0.15, 0.2) is 35.3 Å². The standard InChI is InChI=1S/C11H15N3O/c1-11(15)7-9(13-10(12)14-11)8-5-3-2-4-6-8/h2-6,9,15H,7H2,1H3,(H3,12,13,14). The second kappa shape index (κ2) is 3.55. The summed E-state index contributed by atoms with van der Waals surface area (Å²) in [7, 11) is 0. The third-order valence-corrected chi connectivity index (χ3v) is 2.47. The van der Waals surface area contributed by atoms with Crippen molar-refractivity contribution >= 4 is 5.96 Å². The van der Waals surface area contributed by atoms with Crippen LogP contribution in [0.2, 0.25) is 0 Å². The maximum atomic E-state index is 9.90. The van der Waals surface area contributed by atoms with Gasteiger partial charge in [-0.3, -0.25) is 0 Å². The topological polar surface area (TPSA) is 70.6 Å². The van der Waals surface area contributed by atoms with Crippen LogP contribution in [-0.2, 0) is 0 Å². The van der Waals surface area contributed by atoms with Gasteiger partial charge in [0.25, 0.3) is 0 Å². The summed E-state index contributed by atoms with van der Waals surface area (Å²) in [5, 5.41) is 12.6. The van der Waals surface area contributed by atoms with E-state index in [0.29, 0.717) is 12.4 Å². The first kappa shape index (κ1) is 9.98. The molecule has 4 N–H and O–H groups in total. The molecule has 0 aromatic heterocycles. The number of guanidine groups is 1. The summed E-state index contributed by atoms with van der Waals surface area (Å²) in [5.41, 5.74) is 5.71. The van der Waals surface area contributed by atoms with E-state index in [0.717, 1.165) is 5.56 Å². The van der Waals surface area contributed by atoms with Crippen LogP contribution in [0.25, 0.3) is 0 Å². The van der Waals surface area contributed by atoms with Gasteiger partial charge in [0.2, 0.25) is 0 Å². The van der Waals surface area contributed by atoms with E-state index < -0.39 is 5.72 Å². The fraction of sp³-hybridized carbons (Fsp3) is 0.364. The molecule has 1 aliphatic heterocycles. The van der Waals surface area contributed by atoms with E-state index in [-0.39, 0.29) is 6.04 Å². The van der Waals surface area contributed by atoms with Gasteiger partial charge in [-0.1, -0.05) is 30.3 Å². The lowest BCUT2D eigenvalue weighted by atomic mass is 9.97. The normalized spacial score (nSPS) is 30.5. The molecule has 0 saturated carbocycles. The molecule has 2 atom stereocenters. The van der Waals surface area contributed by atoms with Crippen LogP contribution in [0.3, 0.4) is 0 Å². The molecule has 4 nitrogen and oxygen atoms in total. The summed E-state index contributed by atoms with van der Waals surface area (Å²) in [6, 6.07) is 9.78. The molecule has 0 saturated heterocycles. The molecule has 1 heterocycles. The van der Waals surface area contributed by atoms with E-state index in [1.165, 1.54) is 0 Å². The molecule has 0 fully saturated rings. The second-order valence-electron chi connectivity index (χ2n) is 4.04. The van der Waals surface area contributed by atoms with Gasteiger partial charge in [0.15, 0.2) is 5.96 Å². The highest BCUT2D eigenvalue weighted by molar-refractivity contribution is 5.79. The maximum Gasteiger partial charge on any atom is 0.191 e. The quantitative estimate of drug-likeness (QED) is 0.633. The molecule has 15 heavy (non-hydrogen) atoms. The van der Waals surface area contributed by atoms with Crippen LogP contribution in [0.4, 0.5) is 0 Å². The van der Waals surface area contributed by atoms with Gasteiger partial charge in [0.1, 0.15) is 5.72 Å². The SMILES string of the molecule is CC1(O)CC(c2ccccc2)N=C(N)N1. The molecular formula is C11H15N3O. The minimum Gasteiger partial charge on any atom is -0.371 e. The van der Waals surface area contributed by atoms with Gasteiger partial charge in [-0.2, -0.15) is 0 Å². The van der Waals surface area contributed by atoms with Crippen molar-refractivity contribution in [2.45, 2.75) is 25.1 Å². The van der Waals surface area contributed by atoms with E-state index in [1.54, 1.807) is 6.92 Å². The summed E-state index contributed by atoms with van der Waals surface area (Å²) >= 11 is 0. The number of rotatable bonds is 1. The largest absolute Gasteiger partial charge is 0.371 e. The Balaban J connectivity index is 2.28. The lowest BCUT2D eigenvalue weighted by molar-refractivity contribution is 0.0225. The van der Waals surface area contributed by atoms with Crippen molar-refractivity contribution in [2.75, 3.05) is 0 Å². The number of hydrogen-bond donors (Lipinski definition) is 3. The Morgan fingerprint density at radius 1 is 1.47 bits per heavy atom. The number of aliphatic imine (C=N–C) groups is 1. The molecule has 2 unspecified atom stereocenters. The predicted octanol–water partition coefficient (Wildman–Crippen LogP) is 0.744. The van der Waals surface area contributed by atoms with E-state index in [2.05, 4.69) is 10.3 Å². The number of nitrogens with one attached hydrogen (secondary N) is 1. The average Bonchev–Trinajstić information content (AvgIpc) is 2.16. The van der Waals surface area contributed by atoms with Crippen molar-refractivity contribution in [3.63, 3.8) is 0 Å². The number of nitrogens with zero attached hydrogens (tertiary/aromatic N) is 1. The highest BCUT2D eigenvalue weighted by Crippen LogP contribution is 2.28. The highest BCUT2D eigenvalue weighted by Gasteiger charge is 2.30. The molecule has 4 heteroatoms. The van der Waals surface area contributed by atoms with Gasteiger partial charge in [-0.25, -0.2) is 4.99 Å². The Morgan fingerprint density at radius 3 is 2.73 bits per heavy atom.